The van der Waals surface area contributed by atoms with Crippen LogP contribution >= 0.6 is 11.3 Å². The summed E-state index contributed by atoms with van der Waals surface area (Å²) < 4.78 is 0. The van der Waals surface area contributed by atoms with Gasteiger partial charge in [0.1, 0.15) is 0 Å². The molecule has 1 unspecified atom stereocenters. The van der Waals surface area contributed by atoms with Gasteiger partial charge in [0.15, 0.2) is 5.13 Å². The van der Waals surface area contributed by atoms with Gasteiger partial charge in [0.2, 0.25) is 11.8 Å². The number of hydrogen-bond donors (Lipinski definition) is 2. The van der Waals surface area contributed by atoms with E-state index in [2.05, 4.69) is 51.7 Å². The Morgan fingerprint density at radius 1 is 1.17 bits per heavy atom. The predicted molar refractivity (Wildman–Crippen MR) is 117 cm³/mol. The Morgan fingerprint density at radius 3 is 2.52 bits per heavy atom. The first-order chi connectivity index (χ1) is 13.9. The molecule has 1 atom stereocenters. The smallest absolute Gasteiger partial charge is 0.228 e. The topological polar surface area (TPSA) is 74.3 Å². The Balaban J connectivity index is 1.57. The molecule has 156 valence electrons. The number of anilines is 1. The quantitative estimate of drug-likeness (QED) is 0.693. The van der Waals surface area contributed by atoms with E-state index in [4.69, 9.17) is 0 Å². The SMILES string of the molecule is Cc1ccc(C(CNC(=O)Cc2csc(NC(=O)C(C)C)n2)N2CCCC2)cc1. The van der Waals surface area contributed by atoms with Crippen molar-refractivity contribution in [2.24, 2.45) is 5.92 Å². The highest BCUT2D eigenvalue weighted by atomic mass is 32.1. The molecule has 0 radical (unpaired) electrons. The monoisotopic (exact) mass is 414 g/mol. The Labute approximate surface area is 176 Å². The van der Waals surface area contributed by atoms with Gasteiger partial charge in [0.05, 0.1) is 18.2 Å². The maximum Gasteiger partial charge on any atom is 0.228 e. The molecule has 1 fully saturated rings. The molecule has 0 saturated carbocycles. The molecule has 2 aromatic rings. The third-order valence-corrected chi connectivity index (χ3v) is 5.99. The van der Waals surface area contributed by atoms with E-state index in [0.717, 1.165) is 13.1 Å². The lowest BCUT2D eigenvalue weighted by molar-refractivity contribution is -0.121. The number of hydrogen-bond acceptors (Lipinski definition) is 5. The van der Waals surface area contributed by atoms with Gasteiger partial charge in [-0.05, 0) is 38.4 Å². The van der Waals surface area contributed by atoms with Crippen LogP contribution in [0.4, 0.5) is 5.13 Å². The lowest BCUT2D eigenvalue weighted by Crippen LogP contribution is -2.37. The molecular formula is C22H30N4O2S. The molecule has 2 heterocycles. The van der Waals surface area contributed by atoms with E-state index in [1.807, 2.05) is 19.2 Å². The van der Waals surface area contributed by atoms with E-state index in [1.165, 1.54) is 35.3 Å². The zero-order valence-corrected chi connectivity index (χ0v) is 18.2. The summed E-state index contributed by atoms with van der Waals surface area (Å²) in [7, 11) is 0. The molecule has 7 heteroatoms. The van der Waals surface area contributed by atoms with Crippen molar-refractivity contribution in [3.8, 4) is 0 Å². The number of likely N-dealkylation sites (tertiary alicyclic amines) is 1. The maximum absolute atomic E-state index is 12.5. The summed E-state index contributed by atoms with van der Waals surface area (Å²) in [5.74, 6) is -0.217. The van der Waals surface area contributed by atoms with Crippen LogP contribution in [0.25, 0.3) is 0 Å². The van der Waals surface area contributed by atoms with Crippen LogP contribution in [-0.2, 0) is 16.0 Å². The molecule has 0 bridgehead atoms. The molecule has 1 aliphatic rings. The number of rotatable bonds is 8. The lowest BCUT2D eigenvalue weighted by Gasteiger charge is -2.28. The molecule has 1 saturated heterocycles. The Morgan fingerprint density at radius 2 is 1.86 bits per heavy atom. The molecule has 1 aromatic heterocycles. The van der Waals surface area contributed by atoms with Crippen molar-refractivity contribution in [1.29, 1.82) is 0 Å². The number of amides is 2. The number of aryl methyl sites for hydroxylation is 1. The second-order valence-electron chi connectivity index (χ2n) is 7.94. The highest BCUT2D eigenvalue weighted by molar-refractivity contribution is 7.13. The number of thiazole rings is 1. The molecule has 1 aromatic carbocycles. The molecule has 3 rings (SSSR count). The van der Waals surface area contributed by atoms with Crippen LogP contribution in [0.3, 0.4) is 0 Å². The minimum atomic E-state index is -0.102. The van der Waals surface area contributed by atoms with Gasteiger partial charge >= 0.3 is 0 Å². The van der Waals surface area contributed by atoms with Crippen LogP contribution in [0.15, 0.2) is 29.6 Å². The number of carbonyl (C=O) groups excluding carboxylic acids is 2. The van der Waals surface area contributed by atoms with E-state index in [1.54, 1.807) is 0 Å². The van der Waals surface area contributed by atoms with Crippen molar-refractivity contribution < 1.29 is 9.59 Å². The fourth-order valence-electron chi connectivity index (χ4n) is 3.43. The van der Waals surface area contributed by atoms with Gasteiger partial charge in [-0.25, -0.2) is 4.98 Å². The van der Waals surface area contributed by atoms with Crippen molar-refractivity contribution in [3.05, 3.63) is 46.5 Å². The van der Waals surface area contributed by atoms with Gasteiger partial charge < -0.3 is 10.6 Å². The van der Waals surface area contributed by atoms with Crippen molar-refractivity contribution in [2.75, 3.05) is 25.0 Å². The molecule has 0 aliphatic carbocycles. The molecule has 0 spiro atoms. The maximum atomic E-state index is 12.5. The standard InChI is InChI=1S/C22H30N4O2S/c1-15(2)21(28)25-22-24-18(14-29-22)12-20(27)23-13-19(26-10-4-5-11-26)17-8-6-16(3)7-9-17/h6-9,14-15,19H,4-5,10-13H2,1-3H3,(H,23,27)(H,24,25,28). The fraction of sp³-hybridized carbons (Fsp3) is 0.500. The van der Waals surface area contributed by atoms with E-state index >= 15 is 0 Å². The third-order valence-electron chi connectivity index (χ3n) is 5.18. The van der Waals surface area contributed by atoms with E-state index < -0.39 is 0 Å². The summed E-state index contributed by atoms with van der Waals surface area (Å²) in [6.07, 6.45) is 2.63. The van der Waals surface area contributed by atoms with Crippen molar-refractivity contribution in [3.63, 3.8) is 0 Å². The van der Waals surface area contributed by atoms with Crippen molar-refractivity contribution in [2.45, 2.75) is 46.1 Å². The second kappa shape index (κ2) is 9.98. The first-order valence-electron chi connectivity index (χ1n) is 10.2. The summed E-state index contributed by atoms with van der Waals surface area (Å²) in [5.41, 5.74) is 3.16. The van der Waals surface area contributed by atoms with Crippen molar-refractivity contribution in [1.82, 2.24) is 15.2 Å². The van der Waals surface area contributed by atoms with Crippen LogP contribution in [0.5, 0.6) is 0 Å². The number of nitrogens with one attached hydrogen (secondary N) is 2. The predicted octanol–water partition coefficient (Wildman–Crippen LogP) is 3.54. The summed E-state index contributed by atoms with van der Waals surface area (Å²) in [6.45, 7) is 8.48. The second-order valence-corrected chi connectivity index (χ2v) is 8.80. The van der Waals surface area contributed by atoms with Gasteiger partial charge in [-0.3, -0.25) is 14.5 Å². The van der Waals surface area contributed by atoms with Crippen LogP contribution in [0, 0.1) is 12.8 Å². The normalized spacial score (nSPS) is 15.4. The third kappa shape index (κ3) is 6.11. The molecule has 6 nitrogen and oxygen atoms in total. The van der Waals surface area contributed by atoms with Crippen LogP contribution in [0.2, 0.25) is 0 Å². The highest BCUT2D eigenvalue weighted by Gasteiger charge is 2.24. The Bertz CT molecular complexity index is 826. The lowest BCUT2D eigenvalue weighted by atomic mass is 10.0. The van der Waals surface area contributed by atoms with Gasteiger partial charge in [-0.15, -0.1) is 11.3 Å². The average Bonchev–Trinajstić information content (AvgIpc) is 3.36. The number of nitrogens with zero attached hydrogens (tertiary/aromatic N) is 2. The first kappa shape index (κ1) is 21.5. The molecule has 29 heavy (non-hydrogen) atoms. The number of aromatic nitrogens is 1. The zero-order valence-electron chi connectivity index (χ0n) is 17.4. The Kier molecular flexibility index (Phi) is 7.39. The first-order valence-corrected chi connectivity index (χ1v) is 11.1. The van der Waals surface area contributed by atoms with Crippen LogP contribution in [-0.4, -0.2) is 41.3 Å². The summed E-state index contributed by atoms with van der Waals surface area (Å²) >= 11 is 1.35. The van der Waals surface area contributed by atoms with E-state index in [9.17, 15) is 9.59 Å². The average molecular weight is 415 g/mol. The Hall–Kier alpha value is -2.25. The van der Waals surface area contributed by atoms with E-state index in [-0.39, 0.29) is 30.2 Å². The largest absolute Gasteiger partial charge is 0.354 e. The minimum absolute atomic E-state index is 0.0478. The molecular weight excluding hydrogens is 384 g/mol. The van der Waals surface area contributed by atoms with Gasteiger partial charge in [0.25, 0.3) is 0 Å². The minimum Gasteiger partial charge on any atom is -0.354 e. The zero-order chi connectivity index (χ0) is 20.8. The fourth-order valence-corrected chi connectivity index (χ4v) is 4.15. The summed E-state index contributed by atoms with van der Waals surface area (Å²) in [6, 6.07) is 8.77. The summed E-state index contributed by atoms with van der Waals surface area (Å²) in [5, 5.41) is 8.23. The van der Waals surface area contributed by atoms with Crippen LogP contribution < -0.4 is 10.6 Å². The molecule has 2 amide bonds. The highest BCUT2D eigenvalue weighted by Crippen LogP contribution is 2.25. The van der Waals surface area contributed by atoms with Crippen LogP contribution in [0.1, 0.15) is 49.6 Å². The molecule has 1 aliphatic heterocycles. The summed E-state index contributed by atoms with van der Waals surface area (Å²) in [4.78, 5) is 31.1. The number of benzene rings is 1. The van der Waals surface area contributed by atoms with Gasteiger partial charge in [-0.2, -0.15) is 0 Å². The number of carbonyl (C=O) groups is 2. The van der Waals surface area contributed by atoms with Gasteiger partial charge in [-0.1, -0.05) is 43.7 Å². The van der Waals surface area contributed by atoms with Crippen molar-refractivity contribution >= 4 is 28.3 Å². The van der Waals surface area contributed by atoms with E-state index in [0.29, 0.717) is 17.4 Å². The van der Waals surface area contributed by atoms with Gasteiger partial charge in [0, 0.05) is 17.8 Å². The molecule has 2 N–H and O–H groups in total.